The van der Waals surface area contributed by atoms with E-state index in [1.807, 2.05) is 53.9 Å². The van der Waals surface area contributed by atoms with Crippen molar-refractivity contribution in [2.24, 2.45) is 5.41 Å². The van der Waals surface area contributed by atoms with Gasteiger partial charge in [-0.05, 0) is 19.1 Å². The maximum atomic E-state index is 12.5. The lowest BCUT2D eigenvalue weighted by Gasteiger charge is -2.24. The zero-order chi connectivity index (χ0) is 20.0. The van der Waals surface area contributed by atoms with E-state index < -0.39 is 11.4 Å². The second kappa shape index (κ2) is 8.80. The first-order valence-corrected chi connectivity index (χ1v) is 9.77. The number of thiazole rings is 1. The van der Waals surface area contributed by atoms with Gasteiger partial charge in [0.1, 0.15) is 28.6 Å². The van der Waals surface area contributed by atoms with Gasteiger partial charge in [-0.2, -0.15) is 0 Å². The zero-order valence-corrected chi connectivity index (χ0v) is 16.3. The van der Waals surface area contributed by atoms with Crippen LogP contribution in [0.1, 0.15) is 19.0 Å². The van der Waals surface area contributed by atoms with Crippen molar-refractivity contribution in [3.8, 4) is 16.3 Å². The van der Waals surface area contributed by atoms with Crippen LogP contribution < -0.4 is 4.74 Å². The molecule has 0 saturated carbocycles. The number of ketones is 1. The second-order valence-electron chi connectivity index (χ2n) is 6.87. The number of aliphatic carboxylic acids is 1. The second-order valence-corrected chi connectivity index (χ2v) is 7.73. The number of aromatic nitrogens is 1. The summed E-state index contributed by atoms with van der Waals surface area (Å²) in [6, 6.07) is 18.7. The minimum Gasteiger partial charge on any atom is -0.492 e. The molecule has 0 amide bonds. The standard InChI is InChI=1S/C22H21NO4S/c1-22(21(25)26,15-27-19-10-6-3-7-11-19)13-18(24)12-17-14-28-20(23-17)16-8-4-2-5-9-16/h2-11,14H,12-13,15H2,1H3,(H,25,26). The van der Waals surface area contributed by atoms with E-state index in [0.717, 1.165) is 10.6 Å². The number of carboxylic acid groups (broad SMARTS) is 1. The number of benzene rings is 2. The van der Waals surface area contributed by atoms with Crippen LogP contribution in [0.25, 0.3) is 10.6 Å². The van der Waals surface area contributed by atoms with E-state index in [1.54, 1.807) is 12.1 Å². The Labute approximate surface area is 167 Å². The molecule has 1 N–H and O–H groups in total. The monoisotopic (exact) mass is 395 g/mol. The molecule has 1 unspecified atom stereocenters. The Hall–Kier alpha value is -2.99. The number of rotatable bonds is 9. The molecule has 0 radical (unpaired) electrons. The molecule has 2 aromatic carbocycles. The first-order valence-electron chi connectivity index (χ1n) is 8.89. The molecular formula is C22H21NO4S. The fourth-order valence-electron chi connectivity index (χ4n) is 2.75. The number of ether oxygens (including phenoxy) is 1. The summed E-state index contributed by atoms with van der Waals surface area (Å²) in [4.78, 5) is 28.8. The van der Waals surface area contributed by atoms with Crippen molar-refractivity contribution in [3.05, 3.63) is 71.7 Å². The van der Waals surface area contributed by atoms with Crippen LogP contribution >= 0.6 is 11.3 Å². The summed E-state index contributed by atoms with van der Waals surface area (Å²) in [5.74, 6) is -0.652. The molecule has 6 heteroatoms. The van der Waals surface area contributed by atoms with Crippen molar-refractivity contribution in [1.82, 2.24) is 4.98 Å². The third-order valence-corrected chi connectivity index (χ3v) is 5.30. The summed E-state index contributed by atoms with van der Waals surface area (Å²) >= 11 is 1.47. The molecule has 0 aliphatic carbocycles. The van der Waals surface area contributed by atoms with Crippen molar-refractivity contribution in [1.29, 1.82) is 0 Å². The zero-order valence-electron chi connectivity index (χ0n) is 15.5. The Bertz CT molecular complexity index is 939. The number of carbonyl (C=O) groups is 2. The van der Waals surface area contributed by atoms with E-state index in [1.165, 1.54) is 18.3 Å². The van der Waals surface area contributed by atoms with Crippen LogP contribution in [0.15, 0.2) is 66.0 Å². The Balaban J connectivity index is 1.63. The first-order chi connectivity index (χ1) is 13.5. The highest BCUT2D eigenvalue weighted by atomic mass is 32.1. The average molecular weight is 395 g/mol. The Morgan fingerprint density at radius 1 is 1.07 bits per heavy atom. The molecule has 3 aromatic rings. The van der Waals surface area contributed by atoms with Crippen LogP contribution in [0.5, 0.6) is 5.75 Å². The van der Waals surface area contributed by atoms with Gasteiger partial charge in [0.2, 0.25) is 0 Å². The summed E-state index contributed by atoms with van der Waals surface area (Å²) in [5.41, 5.74) is 0.356. The van der Waals surface area contributed by atoms with Crippen molar-refractivity contribution in [2.45, 2.75) is 19.8 Å². The molecule has 0 bridgehead atoms. The fraction of sp³-hybridized carbons (Fsp3) is 0.227. The van der Waals surface area contributed by atoms with Crippen LogP contribution in [0.2, 0.25) is 0 Å². The predicted molar refractivity (Wildman–Crippen MR) is 109 cm³/mol. The van der Waals surface area contributed by atoms with Gasteiger partial charge >= 0.3 is 5.97 Å². The Kier molecular flexibility index (Phi) is 6.21. The van der Waals surface area contributed by atoms with Crippen LogP contribution in [0, 0.1) is 5.41 Å². The number of Topliss-reactive ketones (excluding diaryl/α,β-unsaturated/α-hetero) is 1. The van der Waals surface area contributed by atoms with Gasteiger partial charge in [0.25, 0.3) is 0 Å². The molecule has 0 saturated heterocycles. The number of nitrogens with zero attached hydrogens (tertiary/aromatic N) is 1. The summed E-state index contributed by atoms with van der Waals surface area (Å²) in [7, 11) is 0. The Morgan fingerprint density at radius 3 is 2.36 bits per heavy atom. The fourth-order valence-corrected chi connectivity index (χ4v) is 3.57. The molecule has 5 nitrogen and oxygen atoms in total. The topological polar surface area (TPSA) is 76.5 Å². The highest BCUT2D eigenvalue weighted by molar-refractivity contribution is 7.13. The minimum atomic E-state index is -1.30. The lowest BCUT2D eigenvalue weighted by atomic mass is 9.85. The molecule has 28 heavy (non-hydrogen) atoms. The quantitative estimate of drug-likeness (QED) is 0.578. The number of hydrogen-bond donors (Lipinski definition) is 1. The molecule has 0 aliphatic heterocycles. The molecule has 3 rings (SSSR count). The van der Waals surface area contributed by atoms with Gasteiger partial charge < -0.3 is 9.84 Å². The lowest BCUT2D eigenvalue weighted by molar-refractivity contribution is -0.152. The third kappa shape index (κ3) is 5.04. The summed E-state index contributed by atoms with van der Waals surface area (Å²) in [5, 5.41) is 12.3. The summed E-state index contributed by atoms with van der Waals surface area (Å²) in [6.07, 6.45) is -0.00902. The number of carbonyl (C=O) groups excluding carboxylic acids is 1. The first kappa shape index (κ1) is 19.8. The van der Waals surface area contributed by atoms with E-state index in [-0.39, 0.29) is 25.2 Å². The Morgan fingerprint density at radius 2 is 1.71 bits per heavy atom. The van der Waals surface area contributed by atoms with Crippen molar-refractivity contribution < 1.29 is 19.4 Å². The van der Waals surface area contributed by atoms with Gasteiger partial charge in [0, 0.05) is 23.8 Å². The average Bonchev–Trinajstić information content (AvgIpc) is 3.16. The predicted octanol–water partition coefficient (Wildman–Crippen LogP) is 4.48. The lowest BCUT2D eigenvalue weighted by Crippen LogP contribution is -2.36. The number of hydrogen-bond acceptors (Lipinski definition) is 5. The van der Waals surface area contributed by atoms with Crippen molar-refractivity contribution in [3.63, 3.8) is 0 Å². The number of para-hydroxylation sites is 1. The highest BCUT2D eigenvalue weighted by Gasteiger charge is 2.36. The van der Waals surface area contributed by atoms with E-state index >= 15 is 0 Å². The molecule has 1 heterocycles. The van der Waals surface area contributed by atoms with Crippen molar-refractivity contribution in [2.75, 3.05) is 6.61 Å². The van der Waals surface area contributed by atoms with E-state index in [4.69, 9.17) is 4.74 Å². The maximum Gasteiger partial charge on any atom is 0.313 e. The highest BCUT2D eigenvalue weighted by Crippen LogP contribution is 2.27. The molecule has 0 spiro atoms. The van der Waals surface area contributed by atoms with Crippen molar-refractivity contribution >= 4 is 23.1 Å². The van der Waals surface area contributed by atoms with E-state index in [2.05, 4.69) is 4.98 Å². The molecule has 1 atom stereocenters. The van der Waals surface area contributed by atoms with E-state index in [9.17, 15) is 14.7 Å². The summed E-state index contributed by atoms with van der Waals surface area (Å²) in [6.45, 7) is 1.46. The molecule has 144 valence electrons. The third-order valence-electron chi connectivity index (χ3n) is 4.36. The SMILES string of the molecule is CC(COc1ccccc1)(CC(=O)Cc1csc(-c2ccccc2)n1)C(=O)O. The van der Waals surface area contributed by atoms with Crippen LogP contribution in [0.4, 0.5) is 0 Å². The molecule has 0 fully saturated rings. The van der Waals surface area contributed by atoms with Crippen LogP contribution in [-0.4, -0.2) is 28.4 Å². The van der Waals surface area contributed by atoms with Gasteiger partial charge in [-0.1, -0.05) is 48.5 Å². The van der Waals surface area contributed by atoms with Gasteiger partial charge in [-0.3, -0.25) is 9.59 Å². The minimum absolute atomic E-state index is 0.0790. The largest absolute Gasteiger partial charge is 0.492 e. The van der Waals surface area contributed by atoms with Gasteiger partial charge in [-0.15, -0.1) is 11.3 Å². The molecule has 1 aromatic heterocycles. The number of carboxylic acids is 1. The van der Waals surface area contributed by atoms with Gasteiger partial charge in [0.05, 0.1) is 5.69 Å². The van der Waals surface area contributed by atoms with Gasteiger partial charge in [0.15, 0.2) is 0 Å². The van der Waals surface area contributed by atoms with Crippen LogP contribution in [-0.2, 0) is 16.0 Å². The molecule has 0 aliphatic rings. The normalized spacial score (nSPS) is 12.9. The molecular weight excluding hydrogens is 374 g/mol. The maximum absolute atomic E-state index is 12.5. The smallest absolute Gasteiger partial charge is 0.313 e. The van der Waals surface area contributed by atoms with E-state index in [0.29, 0.717) is 11.4 Å². The van der Waals surface area contributed by atoms with Crippen LogP contribution in [0.3, 0.4) is 0 Å². The summed E-state index contributed by atoms with van der Waals surface area (Å²) < 4.78 is 5.60. The van der Waals surface area contributed by atoms with Gasteiger partial charge in [-0.25, -0.2) is 4.98 Å².